The van der Waals surface area contributed by atoms with E-state index in [1.807, 2.05) is 51.2 Å². The molecule has 5 nitrogen and oxygen atoms in total. The van der Waals surface area contributed by atoms with Crippen molar-refractivity contribution in [2.45, 2.75) is 12.6 Å². The summed E-state index contributed by atoms with van der Waals surface area (Å²) in [5.41, 5.74) is 1.09. The highest BCUT2D eigenvalue weighted by Gasteiger charge is 2.33. The molecule has 2 aliphatic rings. The Bertz CT molecular complexity index is 694. The molecule has 4 rings (SSSR count). The van der Waals surface area contributed by atoms with E-state index in [0.717, 1.165) is 43.4 Å². The maximum absolute atomic E-state index is 12.8. The largest absolute Gasteiger partial charge is 0.321 e. The molecule has 2 aromatic rings. The summed E-state index contributed by atoms with van der Waals surface area (Å²) in [5, 5.41) is 2.14. The highest BCUT2D eigenvalue weighted by atomic mass is 32.2. The molecule has 0 saturated carbocycles. The highest BCUT2D eigenvalue weighted by molar-refractivity contribution is 7.99. The summed E-state index contributed by atoms with van der Waals surface area (Å²) in [4.78, 5) is 24.7. The minimum atomic E-state index is 0.145. The van der Waals surface area contributed by atoms with Crippen LogP contribution in [0.2, 0.25) is 0 Å². The van der Waals surface area contributed by atoms with Crippen LogP contribution in [0.3, 0.4) is 0 Å². The smallest absolute Gasteiger partial charge is 0.318 e. The molecule has 1 atom stereocenters. The van der Waals surface area contributed by atoms with E-state index in [2.05, 4.69) is 27.4 Å². The van der Waals surface area contributed by atoms with E-state index in [-0.39, 0.29) is 6.03 Å². The Labute approximate surface area is 156 Å². The van der Waals surface area contributed by atoms with Crippen LogP contribution < -0.4 is 0 Å². The molecule has 0 N–H and O–H groups in total. The van der Waals surface area contributed by atoms with Crippen LogP contribution >= 0.6 is 23.1 Å². The molecule has 4 heterocycles. The number of carbonyl (C=O) groups is 1. The van der Waals surface area contributed by atoms with Crippen molar-refractivity contribution in [2.24, 2.45) is 0 Å². The standard InChI is InChI=1S/C18H22N4OS2/c23-18-20(12-15-3-1-5-19-11-15)6-7-22(18)14-21-8-10-24-13-16(21)17-4-2-9-25-17/h1-5,9,11,16H,6-8,10,12-14H2. The summed E-state index contributed by atoms with van der Waals surface area (Å²) in [6.45, 7) is 4.01. The molecular formula is C18H22N4OS2. The van der Waals surface area contributed by atoms with Gasteiger partial charge in [-0.15, -0.1) is 11.3 Å². The van der Waals surface area contributed by atoms with E-state index in [1.54, 1.807) is 6.20 Å². The second kappa shape index (κ2) is 7.76. The van der Waals surface area contributed by atoms with Gasteiger partial charge in [-0.2, -0.15) is 11.8 Å². The second-order valence-corrected chi connectivity index (χ2v) is 8.52. The summed E-state index contributed by atoms with van der Waals surface area (Å²) in [6.07, 6.45) is 3.60. The first-order valence-corrected chi connectivity index (χ1v) is 10.6. The molecule has 2 aromatic heterocycles. The number of amides is 2. The van der Waals surface area contributed by atoms with Crippen LogP contribution in [0.4, 0.5) is 4.79 Å². The fraction of sp³-hybridized carbons (Fsp3) is 0.444. The Kier molecular flexibility index (Phi) is 5.24. The van der Waals surface area contributed by atoms with Crippen molar-refractivity contribution >= 4 is 29.1 Å². The van der Waals surface area contributed by atoms with Gasteiger partial charge in [0.05, 0.1) is 12.7 Å². The number of hydrogen-bond donors (Lipinski definition) is 0. The van der Waals surface area contributed by atoms with E-state index >= 15 is 0 Å². The first kappa shape index (κ1) is 16.9. The van der Waals surface area contributed by atoms with Crippen molar-refractivity contribution in [1.82, 2.24) is 19.7 Å². The van der Waals surface area contributed by atoms with Crippen LogP contribution in [0.25, 0.3) is 0 Å². The minimum absolute atomic E-state index is 0.145. The topological polar surface area (TPSA) is 39.7 Å². The van der Waals surface area contributed by atoms with E-state index in [1.165, 1.54) is 4.88 Å². The van der Waals surface area contributed by atoms with Gasteiger partial charge in [0.2, 0.25) is 0 Å². The Balaban J connectivity index is 1.39. The molecule has 2 aliphatic heterocycles. The van der Waals surface area contributed by atoms with Crippen LogP contribution in [0, 0.1) is 0 Å². The molecule has 25 heavy (non-hydrogen) atoms. The average Bonchev–Trinajstić information content (AvgIpc) is 3.29. The van der Waals surface area contributed by atoms with Gasteiger partial charge in [-0.1, -0.05) is 12.1 Å². The fourth-order valence-electron chi connectivity index (χ4n) is 3.39. The molecule has 2 saturated heterocycles. The first-order valence-electron chi connectivity index (χ1n) is 8.59. The molecule has 1 unspecified atom stereocenters. The molecule has 2 amide bonds. The zero-order valence-electron chi connectivity index (χ0n) is 14.1. The molecule has 0 aliphatic carbocycles. The van der Waals surface area contributed by atoms with Gasteiger partial charge in [-0.3, -0.25) is 9.88 Å². The van der Waals surface area contributed by atoms with Gasteiger partial charge >= 0.3 is 6.03 Å². The van der Waals surface area contributed by atoms with Gasteiger partial charge in [0, 0.05) is 55.0 Å². The molecule has 2 fully saturated rings. The monoisotopic (exact) mass is 374 g/mol. The fourth-order valence-corrected chi connectivity index (χ4v) is 5.50. The van der Waals surface area contributed by atoms with E-state index in [0.29, 0.717) is 12.6 Å². The molecular weight excluding hydrogens is 352 g/mol. The number of thioether (sulfide) groups is 1. The van der Waals surface area contributed by atoms with Gasteiger partial charge < -0.3 is 9.80 Å². The lowest BCUT2D eigenvalue weighted by atomic mass is 10.2. The molecule has 7 heteroatoms. The predicted molar refractivity (Wildman–Crippen MR) is 103 cm³/mol. The summed E-state index contributed by atoms with van der Waals surface area (Å²) in [6, 6.07) is 8.86. The normalized spacial score (nSPS) is 21.9. The Morgan fingerprint density at radius 1 is 1.16 bits per heavy atom. The lowest BCUT2D eigenvalue weighted by Gasteiger charge is -2.37. The molecule has 0 spiro atoms. The minimum Gasteiger partial charge on any atom is -0.318 e. The molecule has 0 radical (unpaired) electrons. The Hall–Kier alpha value is -1.57. The van der Waals surface area contributed by atoms with Crippen LogP contribution in [0.1, 0.15) is 16.5 Å². The summed E-state index contributed by atoms with van der Waals surface area (Å²) in [7, 11) is 0. The van der Waals surface area contributed by atoms with Crippen molar-refractivity contribution in [3.63, 3.8) is 0 Å². The van der Waals surface area contributed by atoms with Gasteiger partial charge in [-0.25, -0.2) is 4.79 Å². The Morgan fingerprint density at radius 3 is 2.88 bits per heavy atom. The zero-order valence-corrected chi connectivity index (χ0v) is 15.7. The van der Waals surface area contributed by atoms with E-state index in [4.69, 9.17) is 0 Å². The van der Waals surface area contributed by atoms with Crippen molar-refractivity contribution in [3.05, 3.63) is 52.5 Å². The Morgan fingerprint density at radius 2 is 2.08 bits per heavy atom. The lowest BCUT2D eigenvalue weighted by molar-refractivity contribution is 0.126. The van der Waals surface area contributed by atoms with Crippen LogP contribution in [-0.4, -0.2) is 63.5 Å². The zero-order chi connectivity index (χ0) is 17.1. The third kappa shape index (κ3) is 3.83. The van der Waals surface area contributed by atoms with Crippen LogP contribution in [0.15, 0.2) is 42.0 Å². The molecule has 0 bridgehead atoms. The highest BCUT2D eigenvalue weighted by Crippen LogP contribution is 2.32. The van der Waals surface area contributed by atoms with Crippen molar-refractivity contribution < 1.29 is 4.79 Å². The number of rotatable bonds is 5. The summed E-state index contributed by atoms with van der Waals surface area (Å²) in [5.74, 6) is 2.26. The maximum Gasteiger partial charge on any atom is 0.321 e. The number of pyridine rings is 1. The third-order valence-corrected chi connectivity index (χ3v) is 6.74. The van der Waals surface area contributed by atoms with Gasteiger partial charge in [-0.05, 0) is 23.1 Å². The van der Waals surface area contributed by atoms with Gasteiger partial charge in [0.25, 0.3) is 0 Å². The quantitative estimate of drug-likeness (QED) is 0.806. The van der Waals surface area contributed by atoms with Gasteiger partial charge in [0.1, 0.15) is 0 Å². The van der Waals surface area contributed by atoms with E-state index < -0.39 is 0 Å². The number of nitrogens with zero attached hydrogens (tertiary/aromatic N) is 4. The third-order valence-electron chi connectivity index (χ3n) is 4.74. The van der Waals surface area contributed by atoms with E-state index in [9.17, 15) is 4.79 Å². The molecule has 132 valence electrons. The van der Waals surface area contributed by atoms with Crippen LogP contribution in [0.5, 0.6) is 0 Å². The van der Waals surface area contributed by atoms with Crippen LogP contribution in [-0.2, 0) is 6.54 Å². The molecule has 0 aromatic carbocycles. The lowest BCUT2D eigenvalue weighted by Crippen LogP contribution is -2.45. The van der Waals surface area contributed by atoms with Crippen molar-refractivity contribution in [3.8, 4) is 0 Å². The summed E-state index contributed by atoms with van der Waals surface area (Å²) < 4.78 is 0. The summed E-state index contributed by atoms with van der Waals surface area (Å²) >= 11 is 3.83. The average molecular weight is 375 g/mol. The number of thiophene rings is 1. The SMILES string of the molecule is O=C1N(Cc2cccnc2)CCN1CN1CCSCC1c1cccs1. The first-order chi connectivity index (χ1) is 12.3. The van der Waals surface area contributed by atoms with Crippen molar-refractivity contribution in [2.75, 3.05) is 37.8 Å². The van der Waals surface area contributed by atoms with Gasteiger partial charge in [0.15, 0.2) is 0 Å². The number of carbonyl (C=O) groups excluding carboxylic acids is 1. The predicted octanol–water partition coefficient (Wildman–Crippen LogP) is 3.13. The second-order valence-electron chi connectivity index (χ2n) is 6.39. The number of urea groups is 1. The van der Waals surface area contributed by atoms with Crippen molar-refractivity contribution in [1.29, 1.82) is 0 Å². The number of aromatic nitrogens is 1. The number of hydrogen-bond acceptors (Lipinski definition) is 5. The maximum atomic E-state index is 12.8.